The predicted molar refractivity (Wildman–Crippen MR) is 31.9 cm³/mol. The van der Waals surface area contributed by atoms with E-state index in [0.717, 1.165) is 0 Å². The molecule has 0 aliphatic heterocycles. The fraction of sp³-hybridized carbons (Fsp3) is 0.833. The maximum absolute atomic E-state index is 12.6. The van der Waals surface area contributed by atoms with Crippen LogP contribution in [0, 0.1) is 0 Å². The molecule has 0 saturated heterocycles. The molecule has 0 aliphatic rings. The molecule has 0 heterocycles. The fourth-order valence-electron chi connectivity index (χ4n) is 0.621. The number of rotatable bonds is 4. The minimum absolute atomic E-state index is 0. The summed E-state index contributed by atoms with van der Waals surface area (Å²) < 4.78 is 133. The van der Waals surface area contributed by atoms with Crippen LogP contribution >= 0.6 is 0 Å². The molecular weight excluding hydrogens is 368 g/mol. The Morgan fingerprint density at radius 2 is 1.10 bits per heavy atom. The van der Waals surface area contributed by atoms with Crippen LogP contribution < -0.4 is 56.5 Å². The average Bonchev–Trinajstić information content (AvgIpc) is 2.12. The van der Waals surface area contributed by atoms with Crippen molar-refractivity contribution in [3.05, 3.63) is 0 Å². The molecule has 3 nitrogen and oxygen atoms in total. The van der Waals surface area contributed by atoms with Crippen molar-refractivity contribution in [2.75, 3.05) is 0 Å². The van der Waals surface area contributed by atoms with Gasteiger partial charge in [0.25, 0.3) is 0 Å². The van der Waals surface area contributed by atoms with Crippen LogP contribution in [0.3, 0.4) is 0 Å². The first kappa shape index (κ1) is 23.6. The SMILES string of the molecule is O=C([O-])C(F)(OC(F)(F)C(F)(F)C(F)(F)F)C(F)(F)F.[K+]. The summed E-state index contributed by atoms with van der Waals surface area (Å²) in [5.41, 5.74) is 0. The summed E-state index contributed by atoms with van der Waals surface area (Å²) in [4.78, 5) is 9.73. The fourth-order valence-corrected chi connectivity index (χ4v) is 0.621. The molecule has 0 bridgehead atoms. The van der Waals surface area contributed by atoms with E-state index < -0.39 is 36.2 Å². The first-order valence-corrected chi connectivity index (χ1v) is 3.90. The smallest absolute Gasteiger partial charge is 0.544 e. The molecule has 0 rings (SSSR count). The number of ether oxygens (including phenoxy) is 1. The Labute approximate surface area is 149 Å². The molecular formula is C6F11KO3. The molecule has 0 aromatic carbocycles. The van der Waals surface area contributed by atoms with Gasteiger partial charge in [0.15, 0.2) is 0 Å². The Balaban J connectivity index is 0. The summed E-state index contributed by atoms with van der Waals surface area (Å²) in [6.07, 6.45) is -21.2. The van der Waals surface area contributed by atoms with Crippen molar-refractivity contribution in [3.63, 3.8) is 0 Å². The van der Waals surface area contributed by atoms with Crippen molar-refractivity contribution >= 4 is 5.97 Å². The van der Waals surface area contributed by atoms with Gasteiger partial charge >= 0.3 is 81.6 Å². The monoisotopic (exact) mass is 368 g/mol. The van der Waals surface area contributed by atoms with Gasteiger partial charge in [-0.2, -0.15) is 48.3 Å². The molecule has 0 aromatic heterocycles. The number of halogens is 11. The van der Waals surface area contributed by atoms with Crippen molar-refractivity contribution in [2.45, 2.75) is 30.2 Å². The van der Waals surface area contributed by atoms with Crippen molar-refractivity contribution in [1.29, 1.82) is 0 Å². The minimum atomic E-state index is -7.29. The summed E-state index contributed by atoms with van der Waals surface area (Å²) in [6, 6.07) is 0. The molecule has 0 radical (unpaired) electrons. The van der Waals surface area contributed by atoms with Gasteiger partial charge in [0.1, 0.15) is 5.97 Å². The molecule has 1 atom stereocenters. The zero-order valence-corrected chi connectivity index (χ0v) is 12.5. The van der Waals surface area contributed by atoms with Gasteiger partial charge in [0, 0.05) is 0 Å². The van der Waals surface area contributed by atoms with Gasteiger partial charge in [-0.3, -0.25) is 4.74 Å². The Kier molecular flexibility index (Phi) is 7.21. The second kappa shape index (κ2) is 6.42. The molecule has 1 unspecified atom stereocenters. The number of carbonyl (C=O) groups excluding carboxylic acids is 1. The van der Waals surface area contributed by atoms with Crippen LogP contribution in [0.4, 0.5) is 48.3 Å². The first-order chi connectivity index (χ1) is 8.40. The standard InChI is InChI=1S/C6HF11O3.K/c7-2(1(18)19,4(10,11)12)20-6(16,17)3(8,9)5(13,14)15;/h(H,18,19);/q;+1/p-1. The number of hydrogen-bond donors (Lipinski definition) is 0. The van der Waals surface area contributed by atoms with Gasteiger partial charge in [0.05, 0.1) is 0 Å². The number of carbonyl (C=O) groups is 1. The molecule has 0 aliphatic carbocycles. The molecule has 0 fully saturated rings. The quantitative estimate of drug-likeness (QED) is 0.462. The Morgan fingerprint density at radius 1 is 0.762 bits per heavy atom. The van der Waals surface area contributed by atoms with Crippen molar-refractivity contribution in [2.24, 2.45) is 0 Å². The normalized spacial score (nSPS) is 16.9. The second-order valence-corrected chi connectivity index (χ2v) is 3.07. The third kappa shape index (κ3) is 4.40. The topological polar surface area (TPSA) is 49.4 Å². The second-order valence-electron chi connectivity index (χ2n) is 3.07. The zero-order valence-electron chi connectivity index (χ0n) is 9.38. The third-order valence-corrected chi connectivity index (χ3v) is 1.62. The summed E-state index contributed by atoms with van der Waals surface area (Å²) >= 11 is 0. The maximum Gasteiger partial charge on any atom is 1.00 e. The predicted octanol–water partition coefficient (Wildman–Crippen LogP) is -1.22. The Hall–Kier alpha value is 0.296. The molecule has 120 valence electrons. The molecule has 0 N–H and O–H groups in total. The first-order valence-electron chi connectivity index (χ1n) is 3.90. The average molecular weight is 368 g/mol. The largest absolute Gasteiger partial charge is 1.00 e. The number of carboxylic acid groups (broad SMARTS) is 1. The van der Waals surface area contributed by atoms with Gasteiger partial charge in [0.2, 0.25) is 0 Å². The van der Waals surface area contributed by atoms with E-state index in [1.165, 1.54) is 0 Å². The van der Waals surface area contributed by atoms with E-state index in [2.05, 4.69) is 0 Å². The number of hydrogen-bond acceptors (Lipinski definition) is 3. The van der Waals surface area contributed by atoms with E-state index >= 15 is 0 Å². The van der Waals surface area contributed by atoms with Gasteiger partial charge in [-0.05, 0) is 0 Å². The number of alkyl halides is 11. The minimum Gasteiger partial charge on any atom is -0.544 e. The molecule has 21 heavy (non-hydrogen) atoms. The van der Waals surface area contributed by atoms with Gasteiger partial charge in [-0.1, -0.05) is 0 Å². The van der Waals surface area contributed by atoms with E-state index in [9.17, 15) is 58.2 Å². The van der Waals surface area contributed by atoms with Gasteiger partial charge in [-0.25, -0.2) is 0 Å². The van der Waals surface area contributed by atoms with E-state index in [1.807, 2.05) is 0 Å². The van der Waals surface area contributed by atoms with Crippen molar-refractivity contribution < 1.29 is 114 Å². The summed E-state index contributed by atoms with van der Waals surface area (Å²) in [5, 5.41) is 9.73. The molecule has 15 heteroatoms. The van der Waals surface area contributed by atoms with Gasteiger partial charge < -0.3 is 9.90 Å². The van der Waals surface area contributed by atoms with Crippen molar-refractivity contribution in [3.8, 4) is 0 Å². The van der Waals surface area contributed by atoms with Crippen LogP contribution in [-0.4, -0.2) is 36.2 Å². The number of aliphatic carboxylic acids is 1. The van der Waals surface area contributed by atoms with Gasteiger partial charge in [-0.15, -0.1) is 0 Å². The summed E-state index contributed by atoms with van der Waals surface area (Å²) in [7, 11) is 0. The molecule has 0 saturated carbocycles. The Morgan fingerprint density at radius 3 is 1.29 bits per heavy atom. The zero-order chi connectivity index (χ0) is 16.8. The van der Waals surface area contributed by atoms with Crippen LogP contribution in [0.15, 0.2) is 0 Å². The van der Waals surface area contributed by atoms with E-state index in [1.54, 1.807) is 4.74 Å². The van der Waals surface area contributed by atoms with Crippen LogP contribution in [0.1, 0.15) is 0 Å². The molecule has 0 aromatic rings. The summed E-state index contributed by atoms with van der Waals surface area (Å²) in [5.74, 6) is -18.0. The van der Waals surface area contributed by atoms with E-state index in [-0.39, 0.29) is 51.4 Å². The van der Waals surface area contributed by atoms with Crippen LogP contribution in [0.5, 0.6) is 0 Å². The summed E-state index contributed by atoms with van der Waals surface area (Å²) in [6.45, 7) is 0. The van der Waals surface area contributed by atoms with E-state index in [4.69, 9.17) is 0 Å². The molecule has 0 amide bonds. The van der Waals surface area contributed by atoms with E-state index in [0.29, 0.717) is 0 Å². The Bertz CT molecular complexity index is 388. The number of carboxylic acids is 1. The van der Waals surface area contributed by atoms with Crippen LogP contribution in [0.25, 0.3) is 0 Å². The van der Waals surface area contributed by atoms with Crippen LogP contribution in [0.2, 0.25) is 0 Å². The van der Waals surface area contributed by atoms with Crippen molar-refractivity contribution in [1.82, 2.24) is 0 Å². The molecule has 0 spiro atoms. The maximum atomic E-state index is 12.6. The third-order valence-electron chi connectivity index (χ3n) is 1.62. The van der Waals surface area contributed by atoms with Crippen LogP contribution in [-0.2, 0) is 9.53 Å².